The van der Waals surface area contributed by atoms with Crippen molar-refractivity contribution >= 4 is 0 Å². The number of nitrogens with zero attached hydrogens (tertiary/aromatic N) is 2. The van der Waals surface area contributed by atoms with Crippen LogP contribution in [0.1, 0.15) is 45.5 Å². The van der Waals surface area contributed by atoms with Crippen LogP contribution in [0.4, 0.5) is 0 Å². The fraction of sp³-hybridized carbons (Fsp3) is 0.368. The summed E-state index contributed by atoms with van der Waals surface area (Å²) in [5, 5.41) is 25.6. The van der Waals surface area contributed by atoms with Crippen molar-refractivity contribution < 1.29 is 33.4 Å². The van der Waals surface area contributed by atoms with Gasteiger partial charge < -0.3 is 38.6 Å². The molecule has 3 unspecified atom stereocenters. The van der Waals surface area contributed by atoms with Crippen LogP contribution in [-0.2, 0) is 25.7 Å². The van der Waals surface area contributed by atoms with Gasteiger partial charge >= 0.3 is 0 Å². The van der Waals surface area contributed by atoms with Crippen LogP contribution in [-0.4, -0.2) is 70.3 Å². The minimum atomic E-state index is -0.533. The lowest BCUT2D eigenvalue weighted by atomic mass is 9.85. The fourth-order valence-corrected chi connectivity index (χ4v) is 7.68. The van der Waals surface area contributed by atoms with E-state index in [1.54, 1.807) is 41.6 Å². The first-order valence-corrected chi connectivity index (χ1v) is 16.1. The smallest absolute Gasteiger partial charge is 0.204 e. The van der Waals surface area contributed by atoms with E-state index >= 15 is 0 Å². The van der Waals surface area contributed by atoms with Crippen molar-refractivity contribution in [1.82, 2.24) is 4.90 Å². The number of hydroxylamine groups is 3. The summed E-state index contributed by atoms with van der Waals surface area (Å²) < 4.78 is 30.0. The average Bonchev–Trinajstić information content (AvgIpc) is 3.07. The van der Waals surface area contributed by atoms with Gasteiger partial charge in [0.25, 0.3) is 0 Å². The molecular weight excluding hydrogens is 596 g/mol. The summed E-state index contributed by atoms with van der Waals surface area (Å²) in [4.78, 5) is 2.37. The summed E-state index contributed by atoms with van der Waals surface area (Å²) in [5.74, 6) is 3.44. The van der Waals surface area contributed by atoms with E-state index in [9.17, 15) is 10.3 Å². The Hall–Kier alpha value is -4.44. The van der Waals surface area contributed by atoms with E-state index in [2.05, 4.69) is 36.2 Å². The summed E-state index contributed by atoms with van der Waals surface area (Å²) in [7, 11) is 10.4. The quantitative estimate of drug-likeness (QED) is 0.194. The molecule has 0 fully saturated rings. The molecule has 9 nitrogen and oxygen atoms in total. The Kier molecular flexibility index (Phi) is 7.94. The highest BCUT2D eigenvalue weighted by Crippen LogP contribution is 2.53. The van der Waals surface area contributed by atoms with E-state index < -0.39 is 10.7 Å². The maximum atomic E-state index is 14.4. The van der Waals surface area contributed by atoms with Crippen LogP contribution >= 0.6 is 0 Å². The van der Waals surface area contributed by atoms with E-state index in [0.717, 1.165) is 52.8 Å². The monoisotopic (exact) mass is 638 g/mol. The number of likely N-dealkylation sites (N-methyl/N-ethyl adjacent to an activating group) is 2. The molecule has 4 aromatic rings. The molecule has 246 valence electrons. The summed E-state index contributed by atoms with van der Waals surface area (Å²) in [6.45, 7) is 1.29. The molecule has 3 atom stereocenters. The number of phenols is 1. The van der Waals surface area contributed by atoms with Crippen molar-refractivity contribution in [1.29, 1.82) is 0 Å². The standard InChI is InChI=1S/C38H42N2O7/c1-39-13-11-24-19-33(44-4)34-21-26(24)29(39)17-22-8-10-32(43-3)28(16-22)27-15-23(7-9-31(27)41)18-30-36-25(12-14-40(30,2)42)20-35(45-5)37(46-6)38(36)47-34/h7-10,15-16,19-21,29-30,41H,11-14,17-18H2,1-6H3. The molecule has 4 aromatic carbocycles. The van der Waals surface area contributed by atoms with E-state index in [4.69, 9.17) is 23.7 Å². The molecule has 0 saturated heterocycles. The normalized spacial score (nSPS) is 21.7. The van der Waals surface area contributed by atoms with Crippen molar-refractivity contribution in [3.8, 4) is 51.4 Å². The molecule has 3 aliphatic rings. The topological polar surface area (TPSA) is 92.7 Å². The second-order valence-electron chi connectivity index (χ2n) is 13.0. The Labute approximate surface area is 276 Å². The van der Waals surface area contributed by atoms with Gasteiger partial charge in [-0.15, -0.1) is 0 Å². The fourth-order valence-electron chi connectivity index (χ4n) is 7.68. The van der Waals surface area contributed by atoms with E-state index in [0.29, 0.717) is 59.4 Å². The number of rotatable bonds is 4. The highest BCUT2D eigenvalue weighted by atomic mass is 16.6. The lowest BCUT2D eigenvalue weighted by molar-refractivity contribution is -0.894. The maximum Gasteiger partial charge on any atom is 0.204 e. The molecule has 0 saturated carbocycles. The van der Waals surface area contributed by atoms with Crippen LogP contribution < -0.4 is 23.7 Å². The van der Waals surface area contributed by atoms with Crippen molar-refractivity contribution in [2.24, 2.45) is 0 Å². The molecule has 0 aromatic heterocycles. The summed E-state index contributed by atoms with van der Waals surface area (Å²) >= 11 is 0. The van der Waals surface area contributed by atoms with Crippen molar-refractivity contribution in [2.45, 2.75) is 37.8 Å². The minimum absolute atomic E-state index is 0.0524. The molecule has 9 heteroatoms. The van der Waals surface area contributed by atoms with Crippen LogP contribution in [0, 0.1) is 5.21 Å². The predicted octanol–water partition coefficient (Wildman–Crippen LogP) is 6.76. The van der Waals surface area contributed by atoms with Crippen molar-refractivity contribution in [3.05, 3.63) is 93.2 Å². The number of phenolic OH excluding ortho intramolecular Hbond substituents is 1. The zero-order valence-electron chi connectivity index (χ0n) is 27.9. The SMILES string of the molecule is COc1cc2c3cc1Oc1c(OC)c(OC)cc4c1C(Cc1ccc(O)c(c1)-c1cc(ccc1OC)CC3N(C)CC2)[N+](C)([O-])CC4. The molecule has 7 rings (SSSR count). The lowest BCUT2D eigenvalue weighted by Crippen LogP contribution is -2.47. The zero-order valence-corrected chi connectivity index (χ0v) is 27.9. The van der Waals surface area contributed by atoms with E-state index in [1.807, 2.05) is 24.3 Å². The van der Waals surface area contributed by atoms with Crippen molar-refractivity contribution in [2.75, 3.05) is 55.6 Å². The Morgan fingerprint density at radius 3 is 2.26 bits per heavy atom. The Morgan fingerprint density at radius 1 is 0.809 bits per heavy atom. The van der Waals surface area contributed by atoms with Gasteiger partial charge in [-0.1, -0.05) is 12.1 Å². The van der Waals surface area contributed by atoms with E-state index in [-0.39, 0.29) is 11.8 Å². The lowest BCUT2D eigenvalue weighted by Gasteiger charge is -2.49. The highest BCUT2D eigenvalue weighted by molar-refractivity contribution is 5.77. The third kappa shape index (κ3) is 5.32. The second-order valence-corrected chi connectivity index (χ2v) is 13.0. The van der Waals surface area contributed by atoms with Crippen molar-refractivity contribution in [3.63, 3.8) is 0 Å². The van der Waals surface area contributed by atoms with Crippen LogP contribution in [0.15, 0.2) is 54.6 Å². The van der Waals surface area contributed by atoms with Crippen LogP contribution in [0.25, 0.3) is 11.1 Å². The van der Waals surface area contributed by atoms with Gasteiger partial charge in [0.15, 0.2) is 23.0 Å². The van der Waals surface area contributed by atoms with Gasteiger partial charge in [0.1, 0.15) is 17.5 Å². The molecule has 3 heterocycles. The van der Waals surface area contributed by atoms with Gasteiger partial charge in [-0.25, -0.2) is 0 Å². The van der Waals surface area contributed by atoms with Gasteiger partial charge in [0, 0.05) is 36.6 Å². The first-order valence-electron chi connectivity index (χ1n) is 16.1. The number of hydrogen-bond acceptors (Lipinski definition) is 8. The molecule has 0 amide bonds. The molecular formula is C38H42N2O7. The number of benzene rings is 4. The molecule has 3 aliphatic heterocycles. The Balaban J connectivity index is 1.54. The summed E-state index contributed by atoms with van der Waals surface area (Å²) in [6, 6.07) is 17.4. The first-order chi connectivity index (χ1) is 22.6. The minimum Gasteiger partial charge on any atom is -0.633 e. The number of fused-ring (bicyclic) bond motifs is 6. The third-order valence-corrected chi connectivity index (χ3v) is 10.3. The summed E-state index contributed by atoms with van der Waals surface area (Å²) in [6.07, 6.45) is 2.57. The number of quaternary nitrogens is 1. The Bertz CT molecular complexity index is 1850. The van der Waals surface area contributed by atoms with Crippen LogP contribution in [0.5, 0.6) is 40.2 Å². The number of ether oxygens (including phenoxy) is 5. The third-order valence-electron chi connectivity index (χ3n) is 10.3. The van der Waals surface area contributed by atoms with Gasteiger partial charge in [0.05, 0.1) is 47.6 Å². The molecule has 0 spiro atoms. The Morgan fingerprint density at radius 2 is 1.51 bits per heavy atom. The molecule has 0 radical (unpaired) electrons. The van der Waals surface area contributed by atoms with Gasteiger partial charge in [-0.2, -0.15) is 0 Å². The molecule has 47 heavy (non-hydrogen) atoms. The van der Waals surface area contributed by atoms with Crippen LogP contribution in [0.2, 0.25) is 0 Å². The number of hydrogen-bond donors (Lipinski definition) is 1. The highest BCUT2D eigenvalue weighted by Gasteiger charge is 2.40. The van der Waals surface area contributed by atoms with Crippen LogP contribution in [0.3, 0.4) is 0 Å². The second kappa shape index (κ2) is 12.0. The molecule has 0 aliphatic carbocycles. The number of aromatic hydroxyl groups is 1. The summed E-state index contributed by atoms with van der Waals surface area (Å²) in [5.41, 5.74) is 7.63. The van der Waals surface area contributed by atoms with Gasteiger partial charge in [0.2, 0.25) is 5.75 Å². The van der Waals surface area contributed by atoms with Gasteiger partial charge in [-0.3, -0.25) is 4.90 Å². The first kappa shape index (κ1) is 31.2. The maximum absolute atomic E-state index is 14.4. The average molecular weight is 639 g/mol. The van der Waals surface area contributed by atoms with E-state index in [1.165, 1.54) is 5.56 Å². The zero-order chi connectivity index (χ0) is 33.0. The molecule has 1 N–H and O–H groups in total. The van der Waals surface area contributed by atoms with Gasteiger partial charge in [-0.05, 0) is 90.2 Å². The number of methoxy groups -OCH3 is 4. The largest absolute Gasteiger partial charge is 0.633 e. The molecule has 6 bridgehead atoms. The predicted molar refractivity (Wildman–Crippen MR) is 180 cm³/mol.